The van der Waals surface area contributed by atoms with Gasteiger partial charge in [-0.15, -0.1) is 0 Å². The third kappa shape index (κ3) is 6.48. The second kappa shape index (κ2) is 10.3. The Morgan fingerprint density at radius 3 is 2.30 bits per heavy atom. The summed E-state index contributed by atoms with van der Waals surface area (Å²) < 4.78 is 36.5. The van der Waals surface area contributed by atoms with E-state index in [1.165, 1.54) is 12.1 Å². The molecule has 1 N–H and O–H groups in total. The first kappa shape index (κ1) is 24.2. The summed E-state index contributed by atoms with van der Waals surface area (Å²) in [5.41, 5.74) is 1.54. The van der Waals surface area contributed by atoms with Crippen LogP contribution in [0.15, 0.2) is 52.3 Å². The van der Waals surface area contributed by atoms with E-state index < -0.39 is 26.5 Å². The largest absolute Gasteiger partial charge is 0.412 e. The molecule has 30 heavy (non-hydrogen) atoms. The molecule has 0 bridgehead atoms. The zero-order valence-electron chi connectivity index (χ0n) is 18.2. The Labute approximate surface area is 181 Å². The quantitative estimate of drug-likeness (QED) is 0.519. The van der Waals surface area contributed by atoms with Crippen molar-refractivity contribution in [1.82, 2.24) is 5.32 Å². The molecule has 166 valence electrons. The Morgan fingerprint density at radius 2 is 1.67 bits per heavy atom. The highest BCUT2D eigenvalue weighted by Crippen LogP contribution is 2.54. The van der Waals surface area contributed by atoms with E-state index in [0.29, 0.717) is 12.3 Å². The van der Waals surface area contributed by atoms with Crippen LogP contribution in [0.1, 0.15) is 37.3 Å². The number of unbranched alkanes of at least 4 members (excludes halogenated alkanes) is 2. The lowest BCUT2D eigenvalue weighted by atomic mass is 10.1. The minimum atomic E-state index is -3.90. The Kier molecular flexibility index (Phi) is 8.34. The molecular weight excluding hydrogens is 422 g/mol. The summed E-state index contributed by atoms with van der Waals surface area (Å²) in [6.45, 7) is 6.35. The van der Waals surface area contributed by atoms with Crippen LogP contribution in [0, 0.1) is 13.8 Å². The molecule has 0 aliphatic heterocycles. The molecule has 0 aliphatic carbocycles. The van der Waals surface area contributed by atoms with Crippen LogP contribution in [0.25, 0.3) is 0 Å². The van der Waals surface area contributed by atoms with Gasteiger partial charge in [-0.25, -0.2) is 8.42 Å². The number of hydrogen-bond donors (Lipinski definition) is 1. The van der Waals surface area contributed by atoms with Crippen molar-refractivity contribution in [1.29, 1.82) is 0 Å². The molecule has 0 fully saturated rings. The minimum absolute atomic E-state index is 0.125. The fourth-order valence-corrected chi connectivity index (χ4v) is 7.18. The highest BCUT2D eigenvalue weighted by Gasteiger charge is 2.28. The number of hydrogen-bond acceptors (Lipinski definition) is 5. The van der Waals surface area contributed by atoms with Crippen molar-refractivity contribution in [2.45, 2.75) is 49.8 Å². The SMILES string of the molecule is CCCCCNC(=O)Oc1cc(C)c(S(C)(C)OS(=O)(=O)c2ccccc2)cc1C. The molecule has 2 rings (SSSR count). The third-order valence-corrected chi connectivity index (χ3v) is 8.97. The van der Waals surface area contributed by atoms with Gasteiger partial charge in [0.1, 0.15) is 5.75 Å². The van der Waals surface area contributed by atoms with Crippen molar-refractivity contribution in [3.8, 4) is 5.75 Å². The lowest BCUT2D eigenvalue weighted by Gasteiger charge is -2.32. The monoisotopic (exact) mass is 453 g/mol. The molecule has 0 aromatic heterocycles. The molecule has 2 aromatic carbocycles. The van der Waals surface area contributed by atoms with Crippen LogP contribution < -0.4 is 10.1 Å². The molecule has 0 radical (unpaired) electrons. The van der Waals surface area contributed by atoms with Gasteiger partial charge in [0.2, 0.25) is 0 Å². The van der Waals surface area contributed by atoms with Crippen molar-refractivity contribution >= 4 is 26.5 Å². The number of benzene rings is 2. The molecule has 0 saturated heterocycles. The van der Waals surface area contributed by atoms with Crippen LogP contribution in [-0.4, -0.2) is 33.6 Å². The highest BCUT2D eigenvalue weighted by atomic mass is 32.3. The van der Waals surface area contributed by atoms with Gasteiger partial charge in [0.25, 0.3) is 0 Å². The standard InChI is InChI=1S/C22H31NO5S2/c1-6-7-11-14-23-22(24)27-20-15-18(3)21(16-17(20)2)29(4,5)28-30(25,26)19-12-9-8-10-13-19/h8-10,12-13,15-16H,6-7,11,14H2,1-5H3,(H,23,24). The average Bonchev–Trinajstić information content (AvgIpc) is 2.67. The summed E-state index contributed by atoms with van der Waals surface area (Å²) in [4.78, 5) is 12.9. The molecule has 2 aromatic rings. The summed E-state index contributed by atoms with van der Waals surface area (Å²) in [6.07, 6.45) is 6.13. The fraction of sp³-hybridized carbons (Fsp3) is 0.409. The first-order chi connectivity index (χ1) is 14.1. The van der Waals surface area contributed by atoms with Gasteiger partial charge in [0.15, 0.2) is 0 Å². The number of rotatable bonds is 9. The molecule has 0 saturated carbocycles. The Bertz CT molecular complexity index is 973. The first-order valence-corrected chi connectivity index (χ1v) is 13.7. The van der Waals surface area contributed by atoms with Crippen LogP contribution >= 0.6 is 10.3 Å². The van der Waals surface area contributed by atoms with E-state index in [4.69, 9.17) is 8.37 Å². The maximum Gasteiger partial charge on any atom is 0.412 e. The summed E-state index contributed by atoms with van der Waals surface area (Å²) in [5, 5.41) is 2.75. The number of aryl methyl sites for hydroxylation is 2. The van der Waals surface area contributed by atoms with E-state index in [0.717, 1.165) is 35.3 Å². The van der Waals surface area contributed by atoms with Crippen LogP contribution in [0.5, 0.6) is 5.75 Å². The second-order valence-electron chi connectivity index (χ2n) is 7.47. The zero-order chi connectivity index (χ0) is 22.4. The predicted octanol–water partition coefficient (Wildman–Crippen LogP) is 5.33. The topological polar surface area (TPSA) is 81.7 Å². The van der Waals surface area contributed by atoms with Gasteiger partial charge in [-0.2, -0.15) is 8.42 Å². The minimum Gasteiger partial charge on any atom is -0.410 e. The van der Waals surface area contributed by atoms with Gasteiger partial charge in [-0.05, 0) is 68.2 Å². The van der Waals surface area contributed by atoms with Crippen LogP contribution in [-0.2, 0) is 13.7 Å². The van der Waals surface area contributed by atoms with Crippen molar-refractivity contribution in [2.24, 2.45) is 0 Å². The number of carbonyl (C=O) groups excluding carboxylic acids is 1. The van der Waals surface area contributed by atoms with Gasteiger partial charge < -0.3 is 10.1 Å². The van der Waals surface area contributed by atoms with Crippen molar-refractivity contribution in [3.05, 3.63) is 53.6 Å². The third-order valence-electron chi connectivity index (χ3n) is 4.55. The molecule has 0 unspecified atom stereocenters. The normalized spacial score (nSPS) is 12.4. The van der Waals surface area contributed by atoms with E-state index in [1.54, 1.807) is 36.8 Å². The number of carbonyl (C=O) groups is 1. The number of ether oxygens (including phenoxy) is 1. The smallest absolute Gasteiger partial charge is 0.410 e. The van der Waals surface area contributed by atoms with E-state index in [1.807, 2.05) is 19.9 Å². The summed E-state index contributed by atoms with van der Waals surface area (Å²) in [7, 11) is -6.03. The van der Waals surface area contributed by atoms with E-state index in [2.05, 4.69) is 12.2 Å². The molecule has 0 aliphatic rings. The lowest BCUT2D eigenvalue weighted by Crippen LogP contribution is -2.28. The molecule has 0 heterocycles. The maximum absolute atomic E-state index is 12.7. The van der Waals surface area contributed by atoms with Crippen molar-refractivity contribution < 1.29 is 21.6 Å². The predicted molar refractivity (Wildman–Crippen MR) is 122 cm³/mol. The van der Waals surface area contributed by atoms with Gasteiger partial charge >= 0.3 is 16.2 Å². The Balaban J connectivity index is 2.18. The van der Waals surface area contributed by atoms with Crippen LogP contribution in [0.3, 0.4) is 0 Å². The Hall–Kier alpha value is -2.03. The second-order valence-corrected chi connectivity index (χ2v) is 12.3. The number of amides is 1. The summed E-state index contributed by atoms with van der Waals surface area (Å²) in [5.74, 6) is 0.449. The van der Waals surface area contributed by atoms with Crippen molar-refractivity contribution in [2.75, 3.05) is 19.1 Å². The van der Waals surface area contributed by atoms with Crippen LogP contribution in [0.2, 0.25) is 0 Å². The van der Waals surface area contributed by atoms with Gasteiger partial charge in [-0.1, -0.05) is 48.3 Å². The highest BCUT2D eigenvalue weighted by molar-refractivity contribution is 8.32. The molecule has 0 atom stereocenters. The molecule has 1 amide bonds. The summed E-state index contributed by atoms with van der Waals surface area (Å²) >= 11 is 0. The molecule has 8 heteroatoms. The molecular formula is C22H31NO5S2. The van der Waals surface area contributed by atoms with Gasteiger partial charge in [0, 0.05) is 11.4 Å². The Morgan fingerprint density at radius 1 is 1.00 bits per heavy atom. The summed E-state index contributed by atoms with van der Waals surface area (Å²) in [6, 6.07) is 11.7. The van der Waals surface area contributed by atoms with Crippen LogP contribution in [0.4, 0.5) is 4.79 Å². The van der Waals surface area contributed by atoms with E-state index in [-0.39, 0.29) is 4.90 Å². The lowest BCUT2D eigenvalue weighted by molar-refractivity contribution is 0.200. The van der Waals surface area contributed by atoms with Gasteiger partial charge in [-0.3, -0.25) is 0 Å². The molecule has 6 nitrogen and oxygen atoms in total. The number of nitrogens with one attached hydrogen (secondary N) is 1. The maximum atomic E-state index is 12.7. The van der Waals surface area contributed by atoms with Crippen molar-refractivity contribution in [3.63, 3.8) is 0 Å². The first-order valence-electron chi connectivity index (χ1n) is 9.88. The zero-order valence-corrected chi connectivity index (χ0v) is 19.9. The molecule has 0 spiro atoms. The fourth-order valence-electron chi connectivity index (χ4n) is 2.99. The van der Waals surface area contributed by atoms with E-state index in [9.17, 15) is 13.2 Å². The van der Waals surface area contributed by atoms with Gasteiger partial charge in [0.05, 0.1) is 4.90 Å². The van der Waals surface area contributed by atoms with E-state index >= 15 is 0 Å². The average molecular weight is 454 g/mol.